The van der Waals surface area contributed by atoms with Gasteiger partial charge in [-0.3, -0.25) is 10.2 Å². The van der Waals surface area contributed by atoms with Crippen LogP contribution in [0.1, 0.15) is 65.7 Å². The van der Waals surface area contributed by atoms with Crippen molar-refractivity contribution in [2.45, 2.75) is 83.3 Å². The maximum atomic E-state index is 9.67. The van der Waals surface area contributed by atoms with Gasteiger partial charge in [-0.2, -0.15) is 5.26 Å². The molecule has 114 valence electrons. The Morgan fingerprint density at radius 2 is 2.05 bits per heavy atom. The lowest BCUT2D eigenvalue weighted by Crippen LogP contribution is -2.54. The van der Waals surface area contributed by atoms with Crippen molar-refractivity contribution < 1.29 is 0 Å². The van der Waals surface area contributed by atoms with Crippen molar-refractivity contribution in [3.05, 3.63) is 0 Å². The van der Waals surface area contributed by atoms with E-state index in [0.717, 1.165) is 37.8 Å². The monoisotopic (exact) mass is 277 g/mol. The SMILES string of the molecule is CCCNC1(C#N)CCCC(N(CC(C)C)C2CC2)C1. The lowest BCUT2D eigenvalue weighted by Gasteiger charge is -2.42. The van der Waals surface area contributed by atoms with Crippen molar-refractivity contribution in [2.24, 2.45) is 5.92 Å². The van der Waals surface area contributed by atoms with Crippen LogP contribution >= 0.6 is 0 Å². The summed E-state index contributed by atoms with van der Waals surface area (Å²) in [5.41, 5.74) is -0.261. The van der Waals surface area contributed by atoms with Crippen molar-refractivity contribution in [3.8, 4) is 6.07 Å². The zero-order chi connectivity index (χ0) is 14.6. The zero-order valence-corrected chi connectivity index (χ0v) is 13.5. The van der Waals surface area contributed by atoms with E-state index in [2.05, 4.69) is 37.1 Å². The summed E-state index contributed by atoms with van der Waals surface area (Å²) in [5.74, 6) is 0.720. The van der Waals surface area contributed by atoms with E-state index in [0.29, 0.717) is 6.04 Å². The van der Waals surface area contributed by atoms with Gasteiger partial charge in [-0.1, -0.05) is 20.8 Å². The minimum absolute atomic E-state index is 0.261. The summed E-state index contributed by atoms with van der Waals surface area (Å²) in [4.78, 5) is 2.73. The Morgan fingerprint density at radius 3 is 2.60 bits per heavy atom. The molecule has 20 heavy (non-hydrogen) atoms. The van der Waals surface area contributed by atoms with Crippen LogP contribution in [0.15, 0.2) is 0 Å². The van der Waals surface area contributed by atoms with Crippen LogP contribution in [0.2, 0.25) is 0 Å². The van der Waals surface area contributed by atoms with Gasteiger partial charge in [0.05, 0.1) is 6.07 Å². The second-order valence-corrected chi connectivity index (χ2v) is 7.19. The molecule has 2 saturated carbocycles. The summed E-state index contributed by atoms with van der Waals surface area (Å²) in [6, 6.07) is 4.03. The second-order valence-electron chi connectivity index (χ2n) is 7.19. The summed E-state index contributed by atoms with van der Waals surface area (Å²) in [5, 5.41) is 13.2. The molecule has 3 heteroatoms. The molecule has 2 atom stereocenters. The Labute approximate surface area is 124 Å². The predicted molar refractivity (Wildman–Crippen MR) is 83.5 cm³/mol. The molecule has 0 aromatic heterocycles. The third kappa shape index (κ3) is 3.96. The Hall–Kier alpha value is -0.590. The molecule has 0 heterocycles. The van der Waals surface area contributed by atoms with E-state index in [1.165, 1.54) is 32.2 Å². The molecule has 0 bridgehead atoms. The highest BCUT2D eigenvalue weighted by Gasteiger charge is 2.42. The fourth-order valence-electron chi connectivity index (χ4n) is 3.62. The highest BCUT2D eigenvalue weighted by Crippen LogP contribution is 2.37. The van der Waals surface area contributed by atoms with Crippen molar-refractivity contribution in [3.63, 3.8) is 0 Å². The van der Waals surface area contributed by atoms with Gasteiger partial charge in [0.2, 0.25) is 0 Å². The molecule has 2 rings (SSSR count). The molecule has 0 aromatic carbocycles. The van der Waals surface area contributed by atoms with Crippen LogP contribution in [0.4, 0.5) is 0 Å². The maximum Gasteiger partial charge on any atom is 0.108 e. The Morgan fingerprint density at radius 1 is 1.30 bits per heavy atom. The third-order valence-electron chi connectivity index (χ3n) is 4.71. The smallest absolute Gasteiger partial charge is 0.108 e. The summed E-state index contributed by atoms with van der Waals surface area (Å²) < 4.78 is 0. The van der Waals surface area contributed by atoms with Crippen LogP contribution in [0.3, 0.4) is 0 Å². The highest BCUT2D eigenvalue weighted by molar-refractivity contribution is 5.11. The largest absolute Gasteiger partial charge is 0.299 e. The fraction of sp³-hybridized carbons (Fsp3) is 0.941. The van der Waals surface area contributed by atoms with Gasteiger partial charge < -0.3 is 0 Å². The molecule has 2 unspecified atom stereocenters. The minimum Gasteiger partial charge on any atom is -0.299 e. The van der Waals surface area contributed by atoms with Gasteiger partial charge in [0.15, 0.2) is 0 Å². The fourth-order valence-corrected chi connectivity index (χ4v) is 3.62. The van der Waals surface area contributed by atoms with Crippen molar-refractivity contribution in [1.82, 2.24) is 10.2 Å². The van der Waals surface area contributed by atoms with E-state index in [4.69, 9.17) is 0 Å². The summed E-state index contributed by atoms with van der Waals surface area (Å²) in [7, 11) is 0. The van der Waals surface area contributed by atoms with Crippen LogP contribution in [0, 0.1) is 17.2 Å². The first-order valence-corrected chi connectivity index (χ1v) is 8.52. The van der Waals surface area contributed by atoms with Crippen LogP contribution in [0.5, 0.6) is 0 Å². The van der Waals surface area contributed by atoms with Gasteiger partial charge in [-0.05, 0) is 57.4 Å². The van der Waals surface area contributed by atoms with Gasteiger partial charge in [0, 0.05) is 18.6 Å². The number of hydrogen-bond donors (Lipinski definition) is 1. The first kappa shape index (κ1) is 15.8. The molecule has 3 nitrogen and oxygen atoms in total. The Bertz CT molecular complexity index is 343. The van der Waals surface area contributed by atoms with Gasteiger partial charge in [0.25, 0.3) is 0 Å². The Balaban J connectivity index is 2.01. The molecule has 0 radical (unpaired) electrons. The lowest BCUT2D eigenvalue weighted by atomic mass is 9.79. The number of rotatable bonds is 7. The van der Waals surface area contributed by atoms with Crippen LogP contribution in [0.25, 0.3) is 0 Å². The lowest BCUT2D eigenvalue weighted by molar-refractivity contribution is 0.101. The van der Waals surface area contributed by atoms with E-state index in [1.807, 2.05) is 0 Å². The van der Waals surface area contributed by atoms with Gasteiger partial charge >= 0.3 is 0 Å². The molecule has 0 aromatic rings. The van der Waals surface area contributed by atoms with Gasteiger partial charge in [-0.15, -0.1) is 0 Å². The first-order chi connectivity index (χ1) is 9.60. The third-order valence-corrected chi connectivity index (χ3v) is 4.71. The molecule has 0 saturated heterocycles. The van der Waals surface area contributed by atoms with E-state index in [-0.39, 0.29) is 5.54 Å². The van der Waals surface area contributed by atoms with Crippen molar-refractivity contribution in [1.29, 1.82) is 5.26 Å². The number of nitriles is 1. The van der Waals surface area contributed by atoms with E-state index >= 15 is 0 Å². The van der Waals surface area contributed by atoms with Crippen LogP contribution < -0.4 is 5.32 Å². The predicted octanol–water partition coefficient (Wildman–Crippen LogP) is 3.31. The van der Waals surface area contributed by atoms with Crippen LogP contribution in [-0.4, -0.2) is 35.6 Å². The van der Waals surface area contributed by atoms with E-state index in [1.54, 1.807) is 0 Å². The number of nitrogens with one attached hydrogen (secondary N) is 1. The standard InChI is InChI=1S/C17H31N3/c1-4-10-19-17(13-18)9-5-6-16(11-17)20(12-14(2)3)15-7-8-15/h14-16,19H,4-12H2,1-3H3. The van der Waals surface area contributed by atoms with Crippen molar-refractivity contribution in [2.75, 3.05) is 13.1 Å². The molecule has 1 N–H and O–H groups in total. The zero-order valence-electron chi connectivity index (χ0n) is 13.5. The minimum atomic E-state index is -0.261. The average molecular weight is 277 g/mol. The second kappa shape index (κ2) is 6.91. The maximum absolute atomic E-state index is 9.67. The van der Waals surface area contributed by atoms with Gasteiger partial charge in [-0.25, -0.2) is 0 Å². The summed E-state index contributed by atoms with van der Waals surface area (Å²) in [6.07, 6.45) is 8.35. The molecule has 2 fully saturated rings. The molecule has 2 aliphatic rings. The summed E-state index contributed by atoms with van der Waals surface area (Å²) >= 11 is 0. The molecule has 0 amide bonds. The number of nitrogens with zero attached hydrogens (tertiary/aromatic N) is 2. The number of hydrogen-bond acceptors (Lipinski definition) is 3. The normalized spacial score (nSPS) is 30.7. The summed E-state index contributed by atoms with van der Waals surface area (Å²) in [6.45, 7) is 8.96. The molecular weight excluding hydrogens is 246 g/mol. The van der Waals surface area contributed by atoms with Gasteiger partial charge in [0.1, 0.15) is 5.54 Å². The first-order valence-electron chi connectivity index (χ1n) is 8.52. The molecule has 2 aliphatic carbocycles. The molecule has 0 aliphatic heterocycles. The van der Waals surface area contributed by atoms with E-state index < -0.39 is 0 Å². The Kier molecular flexibility index (Phi) is 5.46. The average Bonchev–Trinajstić information content (AvgIpc) is 3.27. The highest BCUT2D eigenvalue weighted by atomic mass is 15.2. The van der Waals surface area contributed by atoms with Crippen LogP contribution in [-0.2, 0) is 0 Å². The van der Waals surface area contributed by atoms with Crippen molar-refractivity contribution >= 4 is 0 Å². The van der Waals surface area contributed by atoms with E-state index in [9.17, 15) is 5.26 Å². The quantitative estimate of drug-likeness (QED) is 0.776. The molecule has 0 spiro atoms. The molecular formula is C17H31N3. The topological polar surface area (TPSA) is 39.1 Å².